The first kappa shape index (κ1) is 45.1. The molecule has 5 fully saturated rings. The lowest BCUT2D eigenvalue weighted by molar-refractivity contribution is -0.145. The highest BCUT2D eigenvalue weighted by Gasteiger charge is 2.62. The smallest absolute Gasteiger partial charge is 0.408 e. The van der Waals surface area contributed by atoms with Crippen molar-refractivity contribution >= 4 is 45.2 Å². The fourth-order valence-corrected chi connectivity index (χ4v) is 12.6. The van der Waals surface area contributed by atoms with Crippen LogP contribution in [0.2, 0.25) is 0 Å². The normalized spacial score (nSPS) is 31.6. The van der Waals surface area contributed by atoms with E-state index >= 15 is 4.79 Å². The number of hydrogen-bond acceptors (Lipinski definition) is 11. The molecule has 2 aliphatic heterocycles. The third-order valence-corrected chi connectivity index (χ3v) is 17.0. The van der Waals surface area contributed by atoms with Crippen molar-refractivity contribution in [2.45, 2.75) is 139 Å². The van der Waals surface area contributed by atoms with Gasteiger partial charge >= 0.3 is 6.09 Å². The first-order valence-electron chi connectivity index (χ1n) is 23.3. The average molecular weight is 929 g/mol. The monoisotopic (exact) mass is 928 g/mol. The Morgan fingerprint density at radius 3 is 2.43 bits per heavy atom. The number of ether oxygens (including phenoxy) is 2. The number of hydrogen-bond donors (Lipinski definition) is 3. The first-order valence-corrected chi connectivity index (χ1v) is 25.8. The van der Waals surface area contributed by atoms with Crippen LogP contribution >= 0.6 is 11.3 Å². The van der Waals surface area contributed by atoms with E-state index in [2.05, 4.69) is 21.9 Å². The summed E-state index contributed by atoms with van der Waals surface area (Å²) in [5, 5.41) is 15.9. The van der Waals surface area contributed by atoms with E-state index in [-0.39, 0.29) is 43.4 Å². The number of thiazole rings is 1. The molecule has 1 aromatic carbocycles. The third kappa shape index (κ3) is 9.63. The molecule has 3 aromatic rings. The molecule has 4 saturated carbocycles. The molecule has 2 aromatic heterocycles. The maximum Gasteiger partial charge on any atom is 0.408 e. The van der Waals surface area contributed by atoms with Gasteiger partial charge in [-0.3, -0.25) is 24.0 Å². The van der Waals surface area contributed by atoms with Gasteiger partial charge in [-0.1, -0.05) is 32.4 Å². The van der Waals surface area contributed by atoms with Crippen LogP contribution in [0, 0.1) is 29.6 Å². The summed E-state index contributed by atoms with van der Waals surface area (Å²) in [6.07, 6.45) is 9.91. The van der Waals surface area contributed by atoms with Gasteiger partial charge in [0.25, 0.3) is 5.91 Å². The molecule has 1 saturated heterocycles. The van der Waals surface area contributed by atoms with Crippen LogP contribution in [0.25, 0.3) is 22.0 Å². The van der Waals surface area contributed by atoms with Crippen molar-refractivity contribution in [3.63, 3.8) is 0 Å². The predicted octanol–water partition coefficient (Wildman–Crippen LogP) is 7.04. The number of rotatable bonds is 12. The van der Waals surface area contributed by atoms with Gasteiger partial charge in [-0.15, -0.1) is 11.3 Å². The summed E-state index contributed by atoms with van der Waals surface area (Å²) in [5.74, 6) is -0.478. The number of nitrogens with one attached hydrogen (secondary N) is 2. The largest absolute Gasteiger partial charge is 0.491 e. The molecule has 0 unspecified atom stereocenters. The molecule has 4 heterocycles. The number of carbonyl (C=O) groups excluding carboxylic acids is 3. The fourth-order valence-electron chi connectivity index (χ4n) is 10.6. The minimum absolute atomic E-state index is 0.00246. The molecule has 4 amide bonds. The quantitative estimate of drug-likeness (QED) is 0.158. The molecule has 10 atom stereocenters. The van der Waals surface area contributed by atoms with E-state index in [1.165, 1.54) is 21.1 Å². The van der Waals surface area contributed by atoms with Crippen molar-refractivity contribution in [1.29, 1.82) is 0 Å². The van der Waals surface area contributed by atoms with Crippen LogP contribution in [0.1, 0.15) is 98.3 Å². The van der Waals surface area contributed by atoms with Gasteiger partial charge in [0.15, 0.2) is 0 Å². The Bertz CT molecular complexity index is 2420. The van der Waals surface area contributed by atoms with Crippen LogP contribution in [0.15, 0.2) is 60.1 Å². The number of sulfonamides is 1. The highest BCUT2D eigenvalue weighted by atomic mass is 32.2. The first-order chi connectivity index (χ1) is 31.1. The zero-order valence-electron chi connectivity index (χ0n) is 37.4. The number of nitrogens with zero attached hydrogens (tertiary/aromatic N) is 4. The van der Waals surface area contributed by atoms with Gasteiger partial charge in [0.05, 0.1) is 23.6 Å². The van der Waals surface area contributed by atoms with Crippen LogP contribution in [0.5, 0.6) is 11.5 Å². The summed E-state index contributed by atoms with van der Waals surface area (Å²) in [6.45, 7) is 8.00. The maximum absolute atomic E-state index is 15.6. The number of aromatic nitrogens is 2. The van der Waals surface area contributed by atoms with E-state index in [9.17, 15) is 27.9 Å². The van der Waals surface area contributed by atoms with Crippen molar-refractivity contribution in [3.8, 4) is 33.5 Å². The molecule has 0 spiro atoms. The molecule has 65 heavy (non-hydrogen) atoms. The number of benzene rings is 1. The maximum atomic E-state index is 15.6. The molecule has 4 aliphatic carbocycles. The number of fused-ring (bicyclic) bond motifs is 3. The Balaban J connectivity index is 1.08. The Kier molecular flexibility index (Phi) is 12.5. The van der Waals surface area contributed by atoms with Crippen LogP contribution in [-0.2, 0) is 24.4 Å². The number of carboxylic acid groups (broad SMARTS) is 1. The van der Waals surface area contributed by atoms with Crippen molar-refractivity contribution in [1.82, 2.24) is 29.8 Å². The van der Waals surface area contributed by atoms with Gasteiger partial charge in [0.2, 0.25) is 21.8 Å². The molecular formula is C48H60N6O9S2. The summed E-state index contributed by atoms with van der Waals surface area (Å²) in [5.41, 5.74) is 0.445. The second kappa shape index (κ2) is 18.0. The Morgan fingerprint density at radius 2 is 1.77 bits per heavy atom. The molecule has 3 N–H and O–H groups in total. The lowest BCUT2D eigenvalue weighted by atomic mass is 9.83. The molecule has 348 valence electrons. The highest BCUT2D eigenvalue weighted by Crippen LogP contribution is 2.54. The second-order valence-electron chi connectivity index (χ2n) is 19.6. The topological polar surface area (TPSA) is 197 Å². The Labute approximate surface area is 384 Å². The minimum Gasteiger partial charge on any atom is -0.491 e. The van der Waals surface area contributed by atoms with E-state index in [1.54, 1.807) is 12.3 Å². The van der Waals surface area contributed by atoms with Crippen molar-refractivity contribution in [3.05, 3.63) is 60.1 Å². The molecule has 15 nitrogen and oxygen atoms in total. The summed E-state index contributed by atoms with van der Waals surface area (Å²) < 4.78 is 41.1. The van der Waals surface area contributed by atoms with Crippen molar-refractivity contribution < 1.29 is 42.2 Å². The number of allylic oxidation sites excluding steroid dienone is 1. The molecule has 9 rings (SSSR count). The zero-order chi connectivity index (χ0) is 45.8. The van der Waals surface area contributed by atoms with E-state index in [4.69, 9.17) is 14.5 Å². The van der Waals surface area contributed by atoms with Crippen molar-refractivity contribution in [2.24, 2.45) is 29.6 Å². The van der Waals surface area contributed by atoms with E-state index in [0.29, 0.717) is 78.9 Å². The molecule has 6 aliphatic rings. The Morgan fingerprint density at radius 1 is 1.03 bits per heavy atom. The number of amides is 4. The number of pyridine rings is 1. The third-order valence-electron chi connectivity index (χ3n) is 14.3. The molecule has 0 radical (unpaired) electrons. The van der Waals surface area contributed by atoms with Gasteiger partial charge in [0, 0.05) is 47.7 Å². The van der Waals surface area contributed by atoms with E-state index in [1.807, 2.05) is 68.6 Å². The average Bonchev–Trinajstić information content (AvgIpc) is 4.22. The fraction of sp³-hybridized carbons (Fsp3) is 0.583. The SMILES string of the molecule is CC[C@@H]1C[C@H](C)CC/C=C\[C@@H]2C[C@@]2(C(=O)NS(=O)(=O)C2CC2)NC(=O)[C@@H]2C[C@@H](Oc3cc(-c4ccc(OC(C)C)cc4)nc(-c4nccs4)c3)CN2C(=O)[C@H]1N(C(=O)O)[C@@H]1C[C@H]2C[C@H]2C1. The van der Waals surface area contributed by atoms with E-state index < -0.39 is 68.7 Å². The van der Waals surface area contributed by atoms with Crippen LogP contribution in [0.3, 0.4) is 0 Å². The highest BCUT2D eigenvalue weighted by molar-refractivity contribution is 7.91. The van der Waals surface area contributed by atoms with Crippen molar-refractivity contribution in [2.75, 3.05) is 6.54 Å². The number of carbonyl (C=O) groups is 4. The summed E-state index contributed by atoms with van der Waals surface area (Å²) in [4.78, 5) is 70.4. The lowest BCUT2D eigenvalue weighted by Crippen LogP contribution is -2.61. The van der Waals surface area contributed by atoms with E-state index in [0.717, 1.165) is 24.2 Å². The predicted molar refractivity (Wildman–Crippen MR) is 244 cm³/mol. The van der Waals surface area contributed by atoms with Gasteiger partial charge < -0.3 is 24.8 Å². The molecule has 0 bridgehead atoms. The van der Waals surface area contributed by atoms with Crippen LogP contribution in [-0.4, -0.2) is 105 Å². The van der Waals surface area contributed by atoms with Gasteiger partial charge in [-0.2, -0.15) is 0 Å². The molecular weight excluding hydrogens is 869 g/mol. The second-order valence-corrected chi connectivity index (χ2v) is 22.4. The van der Waals surface area contributed by atoms with Gasteiger partial charge in [-0.25, -0.2) is 23.2 Å². The standard InChI is InChI=1S/C48H60N6O9S2/c1-5-29-18-28(4)8-6-7-9-33-25-48(33,46(57)52-65(60,61)38-14-15-38)51-43(55)41-24-37(26-53(41)45(56)42(29)54(47(58)59)34-20-31-19-32(31)21-34)63-36-22-39(50-40(23-36)44-49-16-17-64-44)30-10-12-35(13-11-30)62-27(2)3/h7,9-13,16-17,22-23,27-29,31-34,37-38,41-42H,5-6,8,14-15,18-21,24-26H2,1-4H3,(H,51,55)(H,52,57)(H,58,59)/b9-7-/t28-,29-,31-,32+,33-,34-,37-,41+,42+,48-/m1/s1. The summed E-state index contributed by atoms with van der Waals surface area (Å²) in [6, 6.07) is 8.65. The zero-order valence-corrected chi connectivity index (χ0v) is 39.1. The lowest BCUT2D eigenvalue weighted by Gasteiger charge is -2.41. The van der Waals surface area contributed by atoms with Crippen LogP contribution < -0.4 is 19.5 Å². The summed E-state index contributed by atoms with van der Waals surface area (Å²) in [7, 11) is -3.94. The van der Waals surface area contributed by atoms with Gasteiger partial charge in [0.1, 0.15) is 45.9 Å². The molecule has 17 heteroatoms. The summed E-state index contributed by atoms with van der Waals surface area (Å²) >= 11 is 1.43. The van der Waals surface area contributed by atoms with Crippen LogP contribution in [0.4, 0.5) is 4.79 Å². The minimum atomic E-state index is -3.94. The Hall–Kier alpha value is -5.03. The van der Waals surface area contributed by atoms with Gasteiger partial charge in [-0.05, 0) is 120 Å².